The summed E-state index contributed by atoms with van der Waals surface area (Å²) >= 11 is 6.27. The Balaban J connectivity index is 1.92. The highest BCUT2D eigenvalue weighted by atomic mass is 35.5. The maximum atomic E-state index is 13.4. The maximum absolute atomic E-state index is 13.4. The molecule has 7 heteroatoms. The number of carbonyl (C=O) groups is 1. The first-order valence-electron chi connectivity index (χ1n) is 10.3. The predicted molar refractivity (Wildman–Crippen MR) is 130 cm³/mol. The van der Waals surface area contributed by atoms with Crippen LogP contribution in [-0.2, 0) is 14.8 Å². The molecular formula is C25H27ClN2O3S. The van der Waals surface area contributed by atoms with Gasteiger partial charge in [0.1, 0.15) is 6.54 Å². The van der Waals surface area contributed by atoms with E-state index in [2.05, 4.69) is 5.32 Å². The smallest absolute Gasteiger partial charge is 0.264 e. The van der Waals surface area contributed by atoms with Crippen molar-refractivity contribution in [1.82, 2.24) is 5.32 Å². The SMILES string of the molecule is Cc1ccc(C)c(C(C)NC(=O)CN(c2ccc(C)c(Cl)c2)S(=O)(=O)c2ccccc2)c1. The third kappa shape index (κ3) is 5.31. The van der Waals surface area contributed by atoms with Crippen molar-refractivity contribution in [2.45, 2.75) is 38.6 Å². The summed E-state index contributed by atoms with van der Waals surface area (Å²) in [7, 11) is -3.98. The Labute approximate surface area is 195 Å². The van der Waals surface area contributed by atoms with E-state index in [1.165, 1.54) is 12.1 Å². The molecule has 5 nitrogen and oxygen atoms in total. The third-order valence-corrected chi connectivity index (χ3v) is 7.54. The lowest BCUT2D eigenvalue weighted by atomic mass is 10.00. The van der Waals surface area contributed by atoms with Gasteiger partial charge in [-0.05, 0) is 68.7 Å². The van der Waals surface area contributed by atoms with Gasteiger partial charge in [0.15, 0.2) is 0 Å². The molecule has 0 aromatic heterocycles. The lowest BCUT2D eigenvalue weighted by Gasteiger charge is -2.26. The summed E-state index contributed by atoms with van der Waals surface area (Å²) in [6.07, 6.45) is 0. The van der Waals surface area contributed by atoms with Gasteiger partial charge >= 0.3 is 0 Å². The quantitative estimate of drug-likeness (QED) is 0.507. The van der Waals surface area contributed by atoms with Gasteiger partial charge in [-0.15, -0.1) is 0 Å². The number of carbonyl (C=O) groups excluding carboxylic acids is 1. The molecule has 0 saturated heterocycles. The molecule has 0 fully saturated rings. The lowest BCUT2D eigenvalue weighted by Crippen LogP contribution is -2.41. The highest BCUT2D eigenvalue weighted by Crippen LogP contribution is 2.28. The van der Waals surface area contributed by atoms with Gasteiger partial charge in [0.25, 0.3) is 10.0 Å². The molecule has 0 aliphatic carbocycles. The molecule has 0 heterocycles. The van der Waals surface area contributed by atoms with Gasteiger partial charge in [-0.3, -0.25) is 9.10 Å². The van der Waals surface area contributed by atoms with E-state index in [1.54, 1.807) is 36.4 Å². The molecule has 1 N–H and O–H groups in total. The highest BCUT2D eigenvalue weighted by Gasteiger charge is 2.28. The number of rotatable bonds is 7. The summed E-state index contributed by atoms with van der Waals surface area (Å²) < 4.78 is 27.9. The normalized spacial score (nSPS) is 12.3. The number of benzene rings is 3. The van der Waals surface area contributed by atoms with E-state index in [0.29, 0.717) is 10.7 Å². The second-order valence-electron chi connectivity index (χ2n) is 7.91. The summed E-state index contributed by atoms with van der Waals surface area (Å²) in [6, 6.07) is 18.8. The van der Waals surface area contributed by atoms with Crippen LogP contribution in [0.2, 0.25) is 5.02 Å². The zero-order valence-corrected chi connectivity index (χ0v) is 20.2. The molecule has 32 heavy (non-hydrogen) atoms. The van der Waals surface area contributed by atoms with Crippen molar-refractivity contribution in [2.75, 3.05) is 10.8 Å². The van der Waals surface area contributed by atoms with E-state index in [9.17, 15) is 13.2 Å². The van der Waals surface area contributed by atoms with Crippen molar-refractivity contribution in [3.63, 3.8) is 0 Å². The fourth-order valence-corrected chi connectivity index (χ4v) is 5.10. The standard InChI is InChI=1S/C25H27ClN2O3S/c1-17-10-11-18(2)23(14-17)20(4)27-25(29)16-28(21-13-12-19(3)24(26)15-21)32(30,31)22-8-6-5-7-9-22/h5-15,20H,16H2,1-4H3,(H,27,29). The van der Waals surface area contributed by atoms with E-state index in [-0.39, 0.29) is 17.5 Å². The zero-order valence-electron chi connectivity index (χ0n) is 18.6. The van der Waals surface area contributed by atoms with Crippen molar-refractivity contribution in [2.24, 2.45) is 0 Å². The highest BCUT2D eigenvalue weighted by molar-refractivity contribution is 7.92. The molecule has 0 spiro atoms. The number of hydrogen-bond donors (Lipinski definition) is 1. The Morgan fingerprint density at radius 1 is 0.969 bits per heavy atom. The Hall–Kier alpha value is -2.83. The molecule has 0 bridgehead atoms. The fourth-order valence-electron chi connectivity index (χ4n) is 3.49. The number of nitrogens with one attached hydrogen (secondary N) is 1. The zero-order chi connectivity index (χ0) is 23.5. The third-order valence-electron chi connectivity index (χ3n) is 5.34. The number of amides is 1. The number of sulfonamides is 1. The van der Waals surface area contributed by atoms with Crippen LogP contribution in [0.25, 0.3) is 0 Å². The summed E-state index contributed by atoms with van der Waals surface area (Å²) in [4.78, 5) is 13.1. The lowest BCUT2D eigenvalue weighted by molar-refractivity contribution is -0.120. The first-order chi connectivity index (χ1) is 15.1. The van der Waals surface area contributed by atoms with E-state index in [4.69, 9.17) is 11.6 Å². The first kappa shape index (κ1) is 23.8. The van der Waals surface area contributed by atoms with Crippen molar-refractivity contribution in [3.05, 3.63) is 94.0 Å². The van der Waals surface area contributed by atoms with Gasteiger partial charge in [0.2, 0.25) is 5.91 Å². The van der Waals surface area contributed by atoms with Crippen LogP contribution in [0.15, 0.2) is 71.6 Å². The molecular weight excluding hydrogens is 444 g/mol. The average Bonchev–Trinajstić information content (AvgIpc) is 2.76. The van der Waals surface area contributed by atoms with Crippen LogP contribution < -0.4 is 9.62 Å². The predicted octanol–water partition coefficient (Wildman–Crippen LogP) is 5.34. The molecule has 168 valence electrons. The number of halogens is 1. The topological polar surface area (TPSA) is 66.5 Å². The van der Waals surface area contributed by atoms with Gasteiger partial charge < -0.3 is 5.32 Å². The molecule has 0 aliphatic heterocycles. The van der Waals surface area contributed by atoms with Crippen LogP contribution in [-0.4, -0.2) is 20.9 Å². The van der Waals surface area contributed by atoms with Crippen LogP contribution in [0, 0.1) is 20.8 Å². The number of hydrogen-bond acceptors (Lipinski definition) is 3. The van der Waals surface area contributed by atoms with E-state index in [1.807, 2.05) is 45.9 Å². The van der Waals surface area contributed by atoms with Crippen LogP contribution in [0.3, 0.4) is 0 Å². The summed E-state index contributed by atoms with van der Waals surface area (Å²) in [6.45, 7) is 7.33. The van der Waals surface area contributed by atoms with Crippen molar-refractivity contribution < 1.29 is 13.2 Å². The minimum Gasteiger partial charge on any atom is -0.348 e. The van der Waals surface area contributed by atoms with Gasteiger partial charge in [-0.25, -0.2) is 8.42 Å². The van der Waals surface area contributed by atoms with Crippen molar-refractivity contribution in [1.29, 1.82) is 0 Å². The minimum atomic E-state index is -3.98. The molecule has 1 unspecified atom stereocenters. The second kappa shape index (κ2) is 9.76. The van der Waals surface area contributed by atoms with Gasteiger partial charge in [-0.1, -0.05) is 59.6 Å². The van der Waals surface area contributed by atoms with Crippen LogP contribution >= 0.6 is 11.6 Å². The molecule has 3 aromatic carbocycles. The number of nitrogens with zero attached hydrogens (tertiary/aromatic N) is 1. The summed E-state index contributed by atoms with van der Waals surface area (Å²) in [5.74, 6) is -0.408. The minimum absolute atomic E-state index is 0.104. The Bertz CT molecular complexity index is 1230. The van der Waals surface area contributed by atoms with Gasteiger partial charge in [0, 0.05) is 5.02 Å². The molecule has 1 amide bonds. The Morgan fingerprint density at radius 2 is 1.62 bits per heavy atom. The van der Waals surface area contributed by atoms with Crippen LogP contribution in [0.4, 0.5) is 5.69 Å². The summed E-state index contributed by atoms with van der Waals surface area (Å²) in [5.41, 5.74) is 4.30. The number of aryl methyl sites for hydroxylation is 3. The number of anilines is 1. The molecule has 3 aromatic rings. The Morgan fingerprint density at radius 3 is 2.28 bits per heavy atom. The first-order valence-corrected chi connectivity index (χ1v) is 12.1. The maximum Gasteiger partial charge on any atom is 0.264 e. The fraction of sp³-hybridized carbons (Fsp3) is 0.240. The largest absolute Gasteiger partial charge is 0.348 e. The monoisotopic (exact) mass is 470 g/mol. The second-order valence-corrected chi connectivity index (χ2v) is 10.2. The van der Waals surface area contributed by atoms with Crippen molar-refractivity contribution in [3.8, 4) is 0 Å². The van der Waals surface area contributed by atoms with Crippen LogP contribution in [0.5, 0.6) is 0 Å². The molecule has 0 saturated carbocycles. The van der Waals surface area contributed by atoms with Gasteiger partial charge in [0.05, 0.1) is 16.6 Å². The molecule has 0 aliphatic rings. The van der Waals surface area contributed by atoms with Crippen molar-refractivity contribution >= 4 is 33.2 Å². The molecule has 3 rings (SSSR count). The van der Waals surface area contributed by atoms with Crippen LogP contribution in [0.1, 0.15) is 35.2 Å². The summed E-state index contributed by atoms with van der Waals surface area (Å²) in [5, 5.41) is 3.37. The average molecular weight is 471 g/mol. The molecule has 1 atom stereocenters. The van der Waals surface area contributed by atoms with E-state index in [0.717, 1.165) is 26.6 Å². The van der Waals surface area contributed by atoms with Gasteiger partial charge in [-0.2, -0.15) is 0 Å². The molecule has 0 radical (unpaired) electrons. The van der Waals surface area contributed by atoms with E-state index >= 15 is 0 Å². The Kier molecular flexibility index (Phi) is 7.26. The van der Waals surface area contributed by atoms with E-state index < -0.39 is 15.9 Å².